The summed E-state index contributed by atoms with van der Waals surface area (Å²) in [6.07, 6.45) is -2.24. The maximum absolute atomic E-state index is 11.7. The van der Waals surface area contributed by atoms with Crippen LogP contribution >= 0.6 is 0 Å². The van der Waals surface area contributed by atoms with Crippen LogP contribution in [0, 0.1) is 0 Å². The molecule has 3 nitrogen and oxygen atoms in total. The second kappa shape index (κ2) is 5.40. The topological polar surface area (TPSA) is 33.3 Å². The standard InChI is InChI=1S/C7H14F2N2O/c8-7(9)5-11-4-6-3-10-1-2-12-6/h6-7,10-11H,1-5H2. The van der Waals surface area contributed by atoms with Crippen LogP contribution in [-0.4, -0.2) is 45.3 Å². The number of nitrogens with one attached hydrogen (secondary N) is 2. The Morgan fingerprint density at radius 3 is 3.00 bits per heavy atom. The minimum atomic E-state index is -2.28. The van der Waals surface area contributed by atoms with E-state index in [1.54, 1.807) is 0 Å². The van der Waals surface area contributed by atoms with Crippen LogP contribution in [0.25, 0.3) is 0 Å². The van der Waals surface area contributed by atoms with Gasteiger partial charge in [0.05, 0.1) is 19.3 Å². The van der Waals surface area contributed by atoms with E-state index in [9.17, 15) is 8.78 Å². The van der Waals surface area contributed by atoms with Gasteiger partial charge in [-0.15, -0.1) is 0 Å². The van der Waals surface area contributed by atoms with Crippen LogP contribution < -0.4 is 10.6 Å². The molecule has 1 aliphatic heterocycles. The number of ether oxygens (including phenoxy) is 1. The van der Waals surface area contributed by atoms with Crippen molar-refractivity contribution in [3.8, 4) is 0 Å². The second-order valence-corrected chi connectivity index (χ2v) is 2.75. The van der Waals surface area contributed by atoms with Crippen molar-refractivity contribution in [2.45, 2.75) is 12.5 Å². The number of rotatable bonds is 4. The zero-order chi connectivity index (χ0) is 8.81. The van der Waals surface area contributed by atoms with Crippen LogP contribution in [0.3, 0.4) is 0 Å². The Labute approximate surface area is 70.5 Å². The summed E-state index contributed by atoms with van der Waals surface area (Å²) in [7, 11) is 0. The van der Waals surface area contributed by atoms with Crippen LogP contribution in [-0.2, 0) is 4.74 Å². The van der Waals surface area contributed by atoms with Gasteiger partial charge in [-0.1, -0.05) is 0 Å². The summed E-state index contributed by atoms with van der Waals surface area (Å²) < 4.78 is 28.6. The van der Waals surface area contributed by atoms with Crippen molar-refractivity contribution < 1.29 is 13.5 Å². The van der Waals surface area contributed by atoms with E-state index < -0.39 is 6.43 Å². The Bertz CT molecular complexity index is 118. The third-order valence-electron chi connectivity index (χ3n) is 1.68. The lowest BCUT2D eigenvalue weighted by Crippen LogP contribution is -2.44. The summed E-state index contributed by atoms with van der Waals surface area (Å²) in [5.74, 6) is 0. The van der Waals surface area contributed by atoms with E-state index in [-0.39, 0.29) is 12.6 Å². The fourth-order valence-electron chi connectivity index (χ4n) is 1.10. The van der Waals surface area contributed by atoms with Gasteiger partial charge in [-0.05, 0) is 0 Å². The quantitative estimate of drug-likeness (QED) is 0.630. The molecule has 2 N–H and O–H groups in total. The molecule has 0 amide bonds. The molecular weight excluding hydrogens is 166 g/mol. The van der Waals surface area contributed by atoms with Gasteiger partial charge in [-0.2, -0.15) is 0 Å². The zero-order valence-corrected chi connectivity index (χ0v) is 6.85. The van der Waals surface area contributed by atoms with Crippen molar-refractivity contribution in [3.63, 3.8) is 0 Å². The Morgan fingerprint density at radius 1 is 1.58 bits per heavy atom. The Morgan fingerprint density at radius 2 is 2.42 bits per heavy atom. The van der Waals surface area contributed by atoms with Crippen molar-refractivity contribution in [2.24, 2.45) is 0 Å². The molecule has 72 valence electrons. The van der Waals surface area contributed by atoms with Gasteiger partial charge >= 0.3 is 0 Å². The highest BCUT2D eigenvalue weighted by molar-refractivity contribution is 4.69. The van der Waals surface area contributed by atoms with E-state index in [0.717, 1.165) is 13.1 Å². The predicted octanol–water partition coefficient (Wildman–Crippen LogP) is -0.171. The summed E-state index contributed by atoms with van der Waals surface area (Å²) in [4.78, 5) is 0. The molecule has 0 spiro atoms. The van der Waals surface area contributed by atoms with Crippen molar-refractivity contribution in [1.82, 2.24) is 10.6 Å². The number of hydrogen-bond acceptors (Lipinski definition) is 3. The highest BCUT2D eigenvalue weighted by Gasteiger charge is 2.13. The minimum Gasteiger partial charge on any atom is -0.374 e. The summed E-state index contributed by atoms with van der Waals surface area (Å²) in [5.41, 5.74) is 0. The molecule has 0 aromatic carbocycles. The molecule has 5 heteroatoms. The lowest BCUT2D eigenvalue weighted by molar-refractivity contribution is 0.0263. The average molecular weight is 180 g/mol. The average Bonchev–Trinajstić information content (AvgIpc) is 2.05. The molecule has 1 atom stereocenters. The Balaban J connectivity index is 1.98. The molecule has 1 rings (SSSR count). The number of hydrogen-bond donors (Lipinski definition) is 2. The molecule has 0 bridgehead atoms. The smallest absolute Gasteiger partial charge is 0.250 e. The fourth-order valence-corrected chi connectivity index (χ4v) is 1.10. The largest absolute Gasteiger partial charge is 0.374 e. The van der Waals surface area contributed by atoms with E-state index in [4.69, 9.17) is 4.74 Å². The normalized spacial score (nSPS) is 24.8. The molecule has 0 radical (unpaired) electrons. The molecule has 1 unspecified atom stereocenters. The molecule has 1 saturated heterocycles. The first-order valence-corrected chi connectivity index (χ1v) is 4.10. The van der Waals surface area contributed by atoms with E-state index in [1.165, 1.54) is 0 Å². The number of alkyl halides is 2. The summed E-state index contributed by atoms with van der Waals surface area (Å²) in [6.45, 7) is 2.51. The first kappa shape index (κ1) is 9.83. The maximum atomic E-state index is 11.7. The van der Waals surface area contributed by atoms with Crippen LogP contribution in [0.15, 0.2) is 0 Å². The monoisotopic (exact) mass is 180 g/mol. The summed E-state index contributed by atoms with van der Waals surface area (Å²) in [6, 6.07) is 0. The molecule has 0 saturated carbocycles. The van der Waals surface area contributed by atoms with Crippen molar-refractivity contribution in [3.05, 3.63) is 0 Å². The summed E-state index contributed by atoms with van der Waals surface area (Å²) >= 11 is 0. The molecular formula is C7H14F2N2O. The highest BCUT2D eigenvalue weighted by atomic mass is 19.3. The van der Waals surface area contributed by atoms with Gasteiger partial charge in [0.2, 0.25) is 0 Å². The van der Waals surface area contributed by atoms with Crippen LogP contribution in [0.4, 0.5) is 8.78 Å². The summed E-state index contributed by atoms with van der Waals surface area (Å²) in [5, 5.41) is 5.76. The van der Waals surface area contributed by atoms with Crippen molar-refractivity contribution >= 4 is 0 Å². The molecule has 12 heavy (non-hydrogen) atoms. The third kappa shape index (κ3) is 3.94. The Hall–Kier alpha value is -0.260. The van der Waals surface area contributed by atoms with Gasteiger partial charge in [0.1, 0.15) is 0 Å². The molecule has 0 aliphatic carbocycles. The van der Waals surface area contributed by atoms with E-state index in [0.29, 0.717) is 13.2 Å². The second-order valence-electron chi connectivity index (χ2n) is 2.75. The SMILES string of the molecule is FC(F)CNCC1CNCCO1. The lowest BCUT2D eigenvalue weighted by atomic mass is 10.3. The van der Waals surface area contributed by atoms with Gasteiger partial charge in [-0.25, -0.2) is 8.78 Å². The van der Waals surface area contributed by atoms with E-state index >= 15 is 0 Å². The predicted molar refractivity (Wildman–Crippen MR) is 41.5 cm³/mol. The maximum Gasteiger partial charge on any atom is 0.250 e. The van der Waals surface area contributed by atoms with Gasteiger partial charge in [-0.3, -0.25) is 0 Å². The number of morpholine rings is 1. The lowest BCUT2D eigenvalue weighted by Gasteiger charge is -2.23. The van der Waals surface area contributed by atoms with Gasteiger partial charge < -0.3 is 15.4 Å². The van der Waals surface area contributed by atoms with Crippen LogP contribution in [0.2, 0.25) is 0 Å². The van der Waals surface area contributed by atoms with Crippen LogP contribution in [0.1, 0.15) is 0 Å². The molecule has 1 fully saturated rings. The van der Waals surface area contributed by atoms with Gasteiger partial charge in [0, 0.05) is 19.6 Å². The zero-order valence-electron chi connectivity index (χ0n) is 6.85. The Kier molecular flexibility index (Phi) is 4.42. The van der Waals surface area contributed by atoms with E-state index in [1.807, 2.05) is 0 Å². The molecule has 1 aliphatic rings. The third-order valence-corrected chi connectivity index (χ3v) is 1.68. The van der Waals surface area contributed by atoms with Gasteiger partial charge in [0.25, 0.3) is 6.43 Å². The first-order valence-electron chi connectivity index (χ1n) is 4.10. The van der Waals surface area contributed by atoms with Crippen molar-refractivity contribution in [2.75, 3.05) is 32.8 Å². The molecule has 1 heterocycles. The molecule has 0 aromatic heterocycles. The molecule has 0 aromatic rings. The van der Waals surface area contributed by atoms with E-state index in [2.05, 4.69) is 10.6 Å². The van der Waals surface area contributed by atoms with Gasteiger partial charge in [0.15, 0.2) is 0 Å². The minimum absolute atomic E-state index is 0.0394. The first-order chi connectivity index (χ1) is 5.79. The van der Waals surface area contributed by atoms with Crippen molar-refractivity contribution in [1.29, 1.82) is 0 Å². The fraction of sp³-hybridized carbons (Fsp3) is 1.00. The highest BCUT2D eigenvalue weighted by Crippen LogP contribution is 1.94. The van der Waals surface area contributed by atoms with Crippen LogP contribution in [0.5, 0.6) is 0 Å². The number of halogens is 2.